The monoisotopic (exact) mass is 180 g/mol. The van der Waals surface area contributed by atoms with Crippen LogP contribution in [0.3, 0.4) is 0 Å². The Morgan fingerprint density at radius 2 is 2.23 bits per heavy atom. The van der Waals surface area contributed by atoms with Crippen molar-refractivity contribution in [1.82, 2.24) is 10.3 Å². The maximum atomic E-state index is 11.5. The molecule has 0 aliphatic carbocycles. The maximum absolute atomic E-state index is 11.5. The van der Waals surface area contributed by atoms with Gasteiger partial charge in [0.25, 0.3) is 5.91 Å². The number of hydrogen-bond donors (Lipinski definition) is 2. The number of carbonyl (C=O) groups is 1. The average molecular weight is 180 g/mol. The van der Waals surface area contributed by atoms with Crippen molar-refractivity contribution in [2.45, 2.75) is 27.2 Å². The Morgan fingerprint density at radius 3 is 2.69 bits per heavy atom. The summed E-state index contributed by atoms with van der Waals surface area (Å²) in [5.41, 5.74) is 2.72. The average Bonchev–Trinajstić information content (AvgIpc) is 2.41. The smallest absolute Gasteiger partial charge is 0.267 e. The normalized spacial score (nSPS) is 10.1. The molecule has 3 heteroatoms. The van der Waals surface area contributed by atoms with E-state index in [9.17, 15) is 4.79 Å². The van der Waals surface area contributed by atoms with Crippen LogP contribution in [-0.2, 0) is 0 Å². The molecule has 0 aliphatic rings. The molecule has 1 rings (SSSR count). The lowest BCUT2D eigenvalue weighted by atomic mass is 10.2. The molecular weight excluding hydrogens is 164 g/mol. The van der Waals surface area contributed by atoms with Crippen LogP contribution in [0.25, 0.3) is 0 Å². The van der Waals surface area contributed by atoms with E-state index in [1.165, 1.54) is 0 Å². The maximum Gasteiger partial charge on any atom is 0.267 e. The first-order chi connectivity index (χ1) is 6.15. The van der Waals surface area contributed by atoms with Crippen molar-refractivity contribution in [2.75, 3.05) is 6.54 Å². The van der Waals surface area contributed by atoms with E-state index in [0.717, 1.165) is 24.2 Å². The van der Waals surface area contributed by atoms with Gasteiger partial charge in [-0.15, -0.1) is 0 Å². The van der Waals surface area contributed by atoms with Crippen molar-refractivity contribution in [1.29, 1.82) is 0 Å². The van der Waals surface area contributed by atoms with Gasteiger partial charge in [-0.3, -0.25) is 4.79 Å². The minimum absolute atomic E-state index is 0.00699. The predicted molar refractivity (Wildman–Crippen MR) is 52.9 cm³/mol. The molecule has 0 atom stereocenters. The van der Waals surface area contributed by atoms with Crippen molar-refractivity contribution < 1.29 is 4.79 Å². The Bertz CT molecular complexity index is 302. The van der Waals surface area contributed by atoms with Crippen LogP contribution in [0.1, 0.15) is 35.1 Å². The zero-order valence-electron chi connectivity index (χ0n) is 8.40. The van der Waals surface area contributed by atoms with Crippen molar-refractivity contribution in [3.8, 4) is 0 Å². The van der Waals surface area contributed by atoms with E-state index in [-0.39, 0.29) is 5.91 Å². The quantitative estimate of drug-likeness (QED) is 0.731. The van der Waals surface area contributed by atoms with Crippen LogP contribution in [0.2, 0.25) is 0 Å². The van der Waals surface area contributed by atoms with Crippen LogP contribution in [-0.4, -0.2) is 17.4 Å². The highest BCUT2D eigenvalue weighted by Gasteiger charge is 2.09. The Hall–Kier alpha value is -1.25. The van der Waals surface area contributed by atoms with Gasteiger partial charge in [-0.25, -0.2) is 0 Å². The predicted octanol–water partition coefficient (Wildman–Crippen LogP) is 1.77. The number of aromatic nitrogens is 1. The fourth-order valence-corrected chi connectivity index (χ4v) is 1.29. The topological polar surface area (TPSA) is 44.9 Å². The van der Waals surface area contributed by atoms with Crippen LogP contribution in [0.15, 0.2) is 6.07 Å². The minimum atomic E-state index is -0.00699. The Labute approximate surface area is 78.5 Å². The molecule has 1 heterocycles. The van der Waals surface area contributed by atoms with Gasteiger partial charge in [0.05, 0.1) is 0 Å². The highest BCUT2D eigenvalue weighted by atomic mass is 16.1. The number of aromatic amines is 1. The third kappa shape index (κ3) is 2.34. The van der Waals surface area contributed by atoms with E-state index in [1.807, 2.05) is 26.8 Å². The van der Waals surface area contributed by atoms with Crippen molar-refractivity contribution in [3.63, 3.8) is 0 Å². The van der Waals surface area contributed by atoms with Gasteiger partial charge < -0.3 is 10.3 Å². The Kier molecular flexibility index (Phi) is 3.12. The number of amides is 1. The third-order valence-electron chi connectivity index (χ3n) is 1.91. The van der Waals surface area contributed by atoms with Crippen molar-refractivity contribution in [3.05, 3.63) is 23.0 Å². The summed E-state index contributed by atoms with van der Waals surface area (Å²) in [6.07, 6.45) is 0.963. The zero-order valence-corrected chi connectivity index (χ0v) is 8.40. The molecule has 0 saturated carbocycles. The van der Waals surface area contributed by atoms with E-state index in [1.54, 1.807) is 0 Å². The first-order valence-corrected chi connectivity index (χ1v) is 4.59. The summed E-state index contributed by atoms with van der Waals surface area (Å²) in [4.78, 5) is 14.5. The number of nitrogens with one attached hydrogen (secondary N) is 2. The van der Waals surface area contributed by atoms with E-state index in [2.05, 4.69) is 10.3 Å². The molecule has 72 valence electrons. The summed E-state index contributed by atoms with van der Waals surface area (Å²) in [6, 6.07) is 1.97. The molecular formula is C10H16N2O. The Morgan fingerprint density at radius 1 is 1.54 bits per heavy atom. The second-order valence-electron chi connectivity index (χ2n) is 3.27. The van der Waals surface area contributed by atoms with Crippen LogP contribution >= 0.6 is 0 Å². The van der Waals surface area contributed by atoms with Crippen molar-refractivity contribution in [2.24, 2.45) is 0 Å². The number of carbonyl (C=O) groups excluding carboxylic acids is 1. The molecule has 3 nitrogen and oxygen atoms in total. The SMILES string of the molecule is CCCNC(=O)c1[nH]c(C)cc1C. The van der Waals surface area contributed by atoms with Gasteiger partial charge in [-0.05, 0) is 31.9 Å². The number of aryl methyl sites for hydroxylation is 2. The molecule has 0 fully saturated rings. The number of H-pyrrole nitrogens is 1. The summed E-state index contributed by atoms with van der Waals surface area (Å²) >= 11 is 0. The highest BCUT2D eigenvalue weighted by Crippen LogP contribution is 2.08. The molecule has 0 bridgehead atoms. The zero-order chi connectivity index (χ0) is 9.84. The fraction of sp³-hybridized carbons (Fsp3) is 0.500. The second-order valence-corrected chi connectivity index (χ2v) is 3.27. The molecule has 0 spiro atoms. The van der Waals surface area contributed by atoms with Crippen LogP contribution in [0.5, 0.6) is 0 Å². The first-order valence-electron chi connectivity index (χ1n) is 4.59. The van der Waals surface area contributed by atoms with Gasteiger partial charge >= 0.3 is 0 Å². The summed E-state index contributed by atoms with van der Waals surface area (Å²) in [5, 5.41) is 2.83. The summed E-state index contributed by atoms with van der Waals surface area (Å²) in [5.74, 6) is -0.00699. The minimum Gasteiger partial charge on any atom is -0.354 e. The molecule has 0 unspecified atom stereocenters. The largest absolute Gasteiger partial charge is 0.354 e. The molecule has 0 saturated heterocycles. The third-order valence-corrected chi connectivity index (χ3v) is 1.91. The highest BCUT2D eigenvalue weighted by molar-refractivity contribution is 5.93. The van der Waals surface area contributed by atoms with Gasteiger partial charge in [-0.1, -0.05) is 6.92 Å². The molecule has 1 amide bonds. The molecule has 2 N–H and O–H groups in total. The van der Waals surface area contributed by atoms with E-state index in [4.69, 9.17) is 0 Å². The number of hydrogen-bond acceptors (Lipinski definition) is 1. The Balaban J connectivity index is 2.70. The first kappa shape index (κ1) is 9.84. The fourth-order valence-electron chi connectivity index (χ4n) is 1.29. The van der Waals surface area contributed by atoms with E-state index < -0.39 is 0 Å². The molecule has 0 radical (unpaired) electrons. The molecule has 1 aromatic rings. The molecule has 0 aliphatic heterocycles. The van der Waals surface area contributed by atoms with Crippen LogP contribution in [0.4, 0.5) is 0 Å². The molecule has 1 aromatic heterocycles. The lowest BCUT2D eigenvalue weighted by Gasteiger charge is -2.01. The lowest BCUT2D eigenvalue weighted by molar-refractivity contribution is 0.0948. The standard InChI is InChI=1S/C10H16N2O/c1-4-5-11-10(13)9-7(2)6-8(3)12-9/h6,12H,4-5H2,1-3H3,(H,11,13). The summed E-state index contributed by atoms with van der Waals surface area (Å²) < 4.78 is 0. The van der Waals surface area contributed by atoms with Crippen LogP contribution in [0, 0.1) is 13.8 Å². The van der Waals surface area contributed by atoms with Crippen molar-refractivity contribution >= 4 is 5.91 Å². The summed E-state index contributed by atoms with van der Waals surface area (Å²) in [6.45, 7) is 6.65. The van der Waals surface area contributed by atoms with E-state index in [0.29, 0.717) is 5.69 Å². The van der Waals surface area contributed by atoms with Gasteiger partial charge in [0.2, 0.25) is 0 Å². The van der Waals surface area contributed by atoms with Gasteiger partial charge in [0, 0.05) is 12.2 Å². The van der Waals surface area contributed by atoms with Gasteiger partial charge in [0.15, 0.2) is 0 Å². The molecule has 13 heavy (non-hydrogen) atoms. The van der Waals surface area contributed by atoms with Gasteiger partial charge in [0.1, 0.15) is 5.69 Å². The second kappa shape index (κ2) is 4.12. The summed E-state index contributed by atoms with van der Waals surface area (Å²) in [7, 11) is 0. The molecule has 0 aromatic carbocycles. The van der Waals surface area contributed by atoms with Gasteiger partial charge in [-0.2, -0.15) is 0 Å². The van der Waals surface area contributed by atoms with E-state index >= 15 is 0 Å². The van der Waals surface area contributed by atoms with Crippen LogP contribution < -0.4 is 5.32 Å². The lowest BCUT2D eigenvalue weighted by Crippen LogP contribution is -2.24. The number of rotatable bonds is 3.